The Morgan fingerprint density at radius 1 is 1.15 bits per heavy atom. The summed E-state index contributed by atoms with van der Waals surface area (Å²) in [5.41, 5.74) is -1.33. The lowest BCUT2D eigenvalue weighted by atomic mass is 9.84. The fraction of sp³-hybridized carbons (Fsp3) is 0.625. The van der Waals surface area contributed by atoms with Crippen molar-refractivity contribution in [2.75, 3.05) is 19.8 Å². The van der Waals surface area contributed by atoms with Crippen molar-refractivity contribution < 1.29 is 25.2 Å². The monoisotopic (exact) mass is 190 g/mol. The van der Waals surface area contributed by atoms with Crippen molar-refractivity contribution >= 4 is 5.97 Å². The molecule has 0 bridgehead atoms. The Labute approximate surface area is 75.9 Å². The van der Waals surface area contributed by atoms with Crippen LogP contribution in [-0.4, -0.2) is 46.2 Å². The van der Waals surface area contributed by atoms with Gasteiger partial charge in [-0.25, -0.2) is 4.79 Å². The van der Waals surface area contributed by atoms with Gasteiger partial charge in [-0.1, -0.05) is 6.58 Å². The number of aliphatic hydroxyl groups is 3. The number of hydrogen-bond donors (Lipinski definition) is 4. The Balaban J connectivity index is 4.42. The van der Waals surface area contributed by atoms with E-state index in [-0.39, 0.29) is 12.0 Å². The lowest BCUT2D eigenvalue weighted by Crippen LogP contribution is -2.35. The van der Waals surface area contributed by atoms with E-state index in [1.165, 1.54) is 0 Å². The van der Waals surface area contributed by atoms with Gasteiger partial charge in [0.05, 0.1) is 19.8 Å². The van der Waals surface area contributed by atoms with Crippen LogP contribution in [0.4, 0.5) is 0 Å². The van der Waals surface area contributed by atoms with Gasteiger partial charge in [-0.3, -0.25) is 0 Å². The van der Waals surface area contributed by atoms with Crippen molar-refractivity contribution in [2.24, 2.45) is 5.41 Å². The molecule has 0 heterocycles. The van der Waals surface area contributed by atoms with E-state index in [1.54, 1.807) is 0 Å². The van der Waals surface area contributed by atoms with E-state index in [0.29, 0.717) is 0 Å². The molecule has 0 aromatic rings. The van der Waals surface area contributed by atoms with Crippen molar-refractivity contribution in [3.05, 3.63) is 12.2 Å². The van der Waals surface area contributed by atoms with Gasteiger partial charge in [-0.05, 0) is 6.42 Å². The molecular formula is C8H14O5. The zero-order chi connectivity index (χ0) is 10.5. The maximum absolute atomic E-state index is 10.4. The molecule has 0 aliphatic rings. The topological polar surface area (TPSA) is 98.0 Å². The summed E-state index contributed by atoms with van der Waals surface area (Å²) in [5.74, 6) is -1.19. The van der Waals surface area contributed by atoms with Crippen molar-refractivity contribution in [2.45, 2.75) is 6.42 Å². The van der Waals surface area contributed by atoms with Crippen LogP contribution in [0.1, 0.15) is 6.42 Å². The van der Waals surface area contributed by atoms with Crippen LogP contribution in [0.3, 0.4) is 0 Å². The van der Waals surface area contributed by atoms with E-state index in [0.717, 1.165) is 0 Å². The largest absolute Gasteiger partial charge is 0.478 e. The minimum Gasteiger partial charge on any atom is -0.478 e. The van der Waals surface area contributed by atoms with Crippen LogP contribution in [0.25, 0.3) is 0 Å². The van der Waals surface area contributed by atoms with E-state index in [1.807, 2.05) is 0 Å². The number of aliphatic carboxylic acids is 1. The molecule has 0 aliphatic carbocycles. The Bertz CT molecular complexity index is 186. The predicted octanol–water partition coefficient (Wildman–Crippen LogP) is -1.02. The van der Waals surface area contributed by atoms with Gasteiger partial charge < -0.3 is 20.4 Å². The van der Waals surface area contributed by atoms with Crippen LogP contribution in [0.15, 0.2) is 12.2 Å². The first kappa shape index (κ1) is 12.1. The summed E-state index contributed by atoms with van der Waals surface area (Å²) in [4.78, 5) is 10.4. The molecule has 0 atom stereocenters. The number of carboxylic acid groups (broad SMARTS) is 1. The van der Waals surface area contributed by atoms with Gasteiger partial charge in [0.2, 0.25) is 0 Å². The molecule has 5 heteroatoms. The standard InChI is InChI=1S/C8H14O5/c1-6(7(12)13)2-8(3-9,4-10)5-11/h9-11H,1-5H2,(H,12,13). The fourth-order valence-corrected chi connectivity index (χ4v) is 0.846. The Morgan fingerprint density at radius 2 is 1.54 bits per heavy atom. The highest BCUT2D eigenvalue weighted by molar-refractivity contribution is 5.85. The predicted molar refractivity (Wildman–Crippen MR) is 45.1 cm³/mol. The highest BCUT2D eigenvalue weighted by Crippen LogP contribution is 2.24. The van der Waals surface area contributed by atoms with Crippen LogP contribution in [0.5, 0.6) is 0 Å². The van der Waals surface area contributed by atoms with E-state index in [4.69, 9.17) is 20.4 Å². The molecule has 5 nitrogen and oxygen atoms in total. The molecule has 4 N–H and O–H groups in total. The summed E-state index contributed by atoms with van der Waals surface area (Å²) in [6, 6.07) is 0. The van der Waals surface area contributed by atoms with E-state index in [2.05, 4.69) is 6.58 Å². The summed E-state index contributed by atoms with van der Waals surface area (Å²) in [6.45, 7) is 1.81. The second-order valence-electron chi connectivity index (χ2n) is 3.06. The fourth-order valence-electron chi connectivity index (χ4n) is 0.846. The molecule has 0 aromatic heterocycles. The average Bonchev–Trinajstić information content (AvgIpc) is 2.14. The number of carboxylic acids is 1. The van der Waals surface area contributed by atoms with Gasteiger partial charge in [0.25, 0.3) is 0 Å². The molecule has 0 radical (unpaired) electrons. The van der Waals surface area contributed by atoms with Gasteiger partial charge in [0, 0.05) is 11.0 Å². The number of hydrogen-bond acceptors (Lipinski definition) is 4. The Hall–Kier alpha value is -0.910. The Kier molecular flexibility index (Phi) is 4.61. The molecule has 0 unspecified atom stereocenters. The maximum Gasteiger partial charge on any atom is 0.330 e. The van der Waals surface area contributed by atoms with Crippen LogP contribution in [0.2, 0.25) is 0 Å². The number of aliphatic hydroxyl groups excluding tert-OH is 3. The summed E-state index contributed by atoms with van der Waals surface area (Å²) in [5, 5.41) is 35.0. The molecule has 0 aliphatic heterocycles. The van der Waals surface area contributed by atoms with Crippen LogP contribution < -0.4 is 0 Å². The van der Waals surface area contributed by atoms with E-state index < -0.39 is 31.2 Å². The highest BCUT2D eigenvalue weighted by Gasteiger charge is 2.30. The molecule has 0 spiro atoms. The van der Waals surface area contributed by atoms with Gasteiger partial charge in [-0.15, -0.1) is 0 Å². The minimum atomic E-state index is -1.19. The summed E-state index contributed by atoms with van der Waals surface area (Å²) in [6.07, 6.45) is -0.133. The SMILES string of the molecule is C=C(CC(CO)(CO)CO)C(=O)O. The molecular weight excluding hydrogens is 176 g/mol. The second kappa shape index (κ2) is 4.96. The average molecular weight is 190 g/mol. The van der Waals surface area contributed by atoms with Crippen molar-refractivity contribution in [1.29, 1.82) is 0 Å². The molecule has 0 amide bonds. The van der Waals surface area contributed by atoms with Crippen molar-refractivity contribution in [1.82, 2.24) is 0 Å². The number of carbonyl (C=O) groups is 1. The minimum absolute atomic E-state index is 0.133. The van der Waals surface area contributed by atoms with Crippen LogP contribution in [0, 0.1) is 5.41 Å². The summed E-state index contributed by atoms with van der Waals surface area (Å²) in [7, 11) is 0. The molecule has 76 valence electrons. The zero-order valence-corrected chi connectivity index (χ0v) is 7.23. The van der Waals surface area contributed by atoms with Gasteiger partial charge in [0.15, 0.2) is 0 Å². The first-order chi connectivity index (χ1) is 6.01. The molecule has 0 aromatic carbocycles. The molecule has 0 saturated heterocycles. The van der Waals surface area contributed by atoms with Gasteiger partial charge in [-0.2, -0.15) is 0 Å². The normalized spacial score (nSPS) is 11.3. The van der Waals surface area contributed by atoms with Crippen LogP contribution >= 0.6 is 0 Å². The summed E-state index contributed by atoms with van der Waals surface area (Å²) >= 11 is 0. The van der Waals surface area contributed by atoms with Crippen molar-refractivity contribution in [3.63, 3.8) is 0 Å². The third-order valence-electron chi connectivity index (χ3n) is 1.90. The molecule has 0 saturated carbocycles. The number of rotatable bonds is 6. The van der Waals surface area contributed by atoms with Gasteiger partial charge >= 0.3 is 5.97 Å². The third-order valence-corrected chi connectivity index (χ3v) is 1.90. The first-order valence-corrected chi connectivity index (χ1v) is 3.75. The molecule has 13 heavy (non-hydrogen) atoms. The van der Waals surface area contributed by atoms with Crippen LogP contribution in [-0.2, 0) is 4.79 Å². The lowest BCUT2D eigenvalue weighted by Gasteiger charge is -2.26. The molecule has 0 rings (SSSR count). The van der Waals surface area contributed by atoms with Gasteiger partial charge in [0.1, 0.15) is 0 Å². The Morgan fingerprint density at radius 3 is 1.77 bits per heavy atom. The zero-order valence-electron chi connectivity index (χ0n) is 7.23. The quantitative estimate of drug-likeness (QED) is 0.402. The molecule has 0 fully saturated rings. The second-order valence-corrected chi connectivity index (χ2v) is 3.06. The van der Waals surface area contributed by atoms with Crippen molar-refractivity contribution in [3.8, 4) is 0 Å². The first-order valence-electron chi connectivity index (χ1n) is 3.75. The smallest absolute Gasteiger partial charge is 0.330 e. The lowest BCUT2D eigenvalue weighted by molar-refractivity contribution is -0.133. The third kappa shape index (κ3) is 3.14. The van der Waals surface area contributed by atoms with E-state index >= 15 is 0 Å². The highest BCUT2D eigenvalue weighted by atomic mass is 16.4. The maximum atomic E-state index is 10.4. The summed E-state index contributed by atoms with van der Waals surface area (Å²) < 4.78 is 0. The van der Waals surface area contributed by atoms with E-state index in [9.17, 15) is 4.79 Å².